The lowest BCUT2D eigenvalue weighted by atomic mass is 9.94. The van der Waals surface area contributed by atoms with Gasteiger partial charge < -0.3 is 10.1 Å². The zero-order valence-corrected chi connectivity index (χ0v) is 13.2. The summed E-state index contributed by atoms with van der Waals surface area (Å²) in [6.07, 6.45) is 1.22. The zero-order chi connectivity index (χ0) is 14.5. The Balaban J connectivity index is 2.17. The van der Waals surface area contributed by atoms with E-state index in [0.717, 1.165) is 31.4 Å². The van der Waals surface area contributed by atoms with Gasteiger partial charge in [0.2, 0.25) is 0 Å². The average Bonchev–Trinajstić information content (AvgIpc) is 2.47. The van der Waals surface area contributed by atoms with Crippen LogP contribution in [0.1, 0.15) is 38.8 Å². The standard InChI is InChI=1S/C17H28N2O/c1-5-13(3)11-19(4)15-12-20-16-10-8-7-9-14(16)17(15)18-6-2/h7-10,13,15,17-18H,5-6,11-12H2,1-4H3. The second-order valence-electron chi connectivity index (χ2n) is 5.90. The maximum absolute atomic E-state index is 5.97. The predicted octanol–water partition coefficient (Wildman–Crippen LogP) is 3.08. The minimum Gasteiger partial charge on any atom is -0.492 e. The van der Waals surface area contributed by atoms with Crippen LogP contribution in [0.15, 0.2) is 24.3 Å². The molecule has 0 aliphatic carbocycles. The molecule has 0 spiro atoms. The number of hydrogen-bond donors (Lipinski definition) is 1. The van der Waals surface area contributed by atoms with Crippen molar-refractivity contribution in [2.45, 2.75) is 39.3 Å². The molecule has 1 heterocycles. The van der Waals surface area contributed by atoms with Gasteiger partial charge in [-0.05, 0) is 25.6 Å². The van der Waals surface area contributed by atoms with E-state index in [1.807, 2.05) is 6.07 Å². The zero-order valence-electron chi connectivity index (χ0n) is 13.2. The summed E-state index contributed by atoms with van der Waals surface area (Å²) in [6, 6.07) is 9.17. The molecule has 3 unspecified atom stereocenters. The Bertz CT molecular complexity index is 421. The second kappa shape index (κ2) is 7.09. The van der Waals surface area contributed by atoms with Gasteiger partial charge in [0.25, 0.3) is 0 Å². The smallest absolute Gasteiger partial charge is 0.124 e. The molecule has 2 rings (SSSR count). The van der Waals surface area contributed by atoms with Crippen LogP contribution in [0.2, 0.25) is 0 Å². The summed E-state index contributed by atoms with van der Waals surface area (Å²) >= 11 is 0. The quantitative estimate of drug-likeness (QED) is 0.864. The van der Waals surface area contributed by atoms with E-state index in [4.69, 9.17) is 4.74 Å². The monoisotopic (exact) mass is 276 g/mol. The molecule has 1 aromatic rings. The van der Waals surface area contributed by atoms with Crippen molar-refractivity contribution in [3.8, 4) is 5.75 Å². The number of nitrogens with zero attached hydrogens (tertiary/aromatic N) is 1. The Morgan fingerprint density at radius 2 is 2.10 bits per heavy atom. The molecule has 0 aromatic heterocycles. The van der Waals surface area contributed by atoms with Gasteiger partial charge >= 0.3 is 0 Å². The SMILES string of the molecule is CCNC1c2ccccc2OCC1N(C)CC(C)CC. The molecule has 20 heavy (non-hydrogen) atoms. The molecular weight excluding hydrogens is 248 g/mol. The number of benzene rings is 1. The van der Waals surface area contributed by atoms with Crippen molar-refractivity contribution in [1.29, 1.82) is 0 Å². The van der Waals surface area contributed by atoms with Crippen LogP contribution in [-0.2, 0) is 0 Å². The molecule has 0 amide bonds. The summed E-state index contributed by atoms with van der Waals surface area (Å²) in [5.41, 5.74) is 1.29. The maximum Gasteiger partial charge on any atom is 0.124 e. The number of para-hydroxylation sites is 1. The molecule has 0 radical (unpaired) electrons. The van der Waals surface area contributed by atoms with Crippen molar-refractivity contribution < 1.29 is 4.74 Å². The van der Waals surface area contributed by atoms with E-state index < -0.39 is 0 Å². The first kappa shape index (κ1) is 15.3. The Morgan fingerprint density at radius 1 is 1.35 bits per heavy atom. The lowest BCUT2D eigenvalue weighted by molar-refractivity contribution is 0.0955. The van der Waals surface area contributed by atoms with Crippen molar-refractivity contribution in [1.82, 2.24) is 10.2 Å². The van der Waals surface area contributed by atoms with Gasteiger partial charge in [0, 0.05) is 12.1 Å². The van der Waals surface area contributed by atoms with Crippen LogP contribution in [0.25, 0.3) is 0 Å². The van der Waals surface area contributed by atoms with E-state index in [2.05, 4.69) is 56.2 Å². The molecule has 1 N–H and O–H groups in total. The van der Waals surface area contributed by atoms with Crippen LogP contribution in [-0.4, -0.2) is 37.7 Å². The highest BCUT2D eigenvalue weighted by atomic mass is 16.5. The van der Waals surface area contributed by atoms with Crippen LogP contribution in [0.4, 0.5) is 0 Å². The first-order valence-electron chi connectivity index (χ1n) is 7.82. The number of rotatable bonds is 6. The van der Waals surface area contributed by atoms with Crippen molar-refractivity contribution in [3.05, 3.63) is 29.8 Å². The predicted molar refractivity (Wildman–Crippen MR) is 84.2 cm³/mol. The van der Waals surface area contributed by atoms with Gasteiger partial charge in [0.1, 0.15) is 12.4 Å². The van der Waals surface area contributed by atoms with Crippen LogP contribution in [0, 0.1) is 5.92 Å². The van der Waals surface area contributed by atoms with Crippen molar-refractivity contribution in [2.24, 2.45) is 5.92 Å². The highest BCUT2D eigenvalue weighted by Crippen LogP contribution is 2.33. The summed E-state index contributed by atoms with van der Waals surface area (Å²) in [4.78, 5) is 2.46. The normalized spacial score (nSPS) is 23.2. The van der Waals surface area contributed by atoms with E-state index in [0.29, 0.717) is 12.1 Å². The molecule has 0 fully saturated rings. The third-order valence-electron chi connectivity index (χ3n) is 4.34. The lowest BCUT2D eigenvalue weighted by Crippen LogP contribution is -2.49. The van der Waals surface area contributed by atoms with Crippen LogP contribution < -0.4 is 10.1 Å². The number of fused-ring (bicyclic) bond motifs is 1. The van der Waals surface area contributed by atoms with Crippen molar-refractivity contribution >= 4 is 0 Å². The van der Waals surface area contributed by atoms with Gasteiger partial charge in [-0.15, -0.1) is 0 Å². The summed E-state index contributed by atoms with van der Waals surface area (Å²) < 4.78 is 5.97. The summed E-state index contributed by atoms with van der Waals surface area (Å²) in [5.74, 6) is 1.76. The van der Waals surface area contributed by atoms with E-state index in [1.165, 1.54) is 12.0 Å². The Hall–Kier alpha value is -1.06. The van der Waals surface area contributed by atoms with Gasteiger partial charge in [0.15, 0.2) is 0 Å². The fourth-order valence-electron chi connectivity index (χ4n) is 2.95. The number of hydrogen-bond acceptors (Lipinski definition) is 3. The second-order valence-corrected chi connectivity index (χ2v) is 5.90. The summed E-state index contributed by atoms with van der Waals surface area (Å²) in [5, 5.41) is 3.64. The van der Waals surface area contributed by atoms with E-state index in [9.17, 15) is 0 Å². The Kier molecular flexibility index (Phi) is 5.44. The molecule has 3 nitrogen and oxygen atoms in total. The Labute approximate surface area is 123 Å². The molecule has 1 aromatic carbocycles. The van der Waals surface area contributed by atoms with Crippen LogP contribution >= 0.6 is 0 Å². The topological polar surface area (TPSA) is 24.5 Å². The number of nitrogens with one attached hydrogen (secondary N) is 1. The number of likely N-dealkylation sites (N-methyl/N-ethyl adjacent to an activating group) is 2. The van der Waals surface area contributed by atoms with E-state index in [-0.39, 0.29) is 0 Å². The van der Waals surface area contributed by atoms with Gasteiger partial charge in [-0.25, -0.2) is 0 Å². The Morgan fingerprint density at radius 3 is 2.80 bits per heavy atom. The van der Waals surface area contributed by atoms with Crippen LogP contribution in [0.5, 0.6) is 5.75 Å². The van der Waals surface area contributed by atoms with Crippen LogP contribution in [0.3, 0.4) is 0 Å². The van der Waals surface area contributed by atoms with E-state index in [1.54, 1.807) is 0 Å². The van der Waals surface area contributed by atoms with Crippen molar-refractivity contribution in [3.63, 3.8) is 0 Å². The fraction of sp³-hybridized carbons (Fsp3) is 0.647. The molecule has 0 saturated carbocycles. The highest BCUT2D eigenvalue weighted by Gasteiger charge is 2.33. The van der Waals surface area contributed by atoms with Gasteiger partial charge in [-0.3, -0.25) is 4.90 Å². The lowest BCUT2D eigenvalue weighted by Gasteiger charge is -2.40. The molecule has 1 aliphatic heterocycles. The third kappa shape index (κ3) is 3.33. The average molecular weight is 276 g/mol. The van der Waals surface area contributed by atoms with E-state index >= 15 is 0 Å². The molecule has 3 heteroatoms. The molecular formula is C17H28N2O. The third-order valence-corrected chi connectivity index (χ3v) is 4.34. The molecule has 112 valence electrons. The fourth-order valence-corrected chi connectivity index (χ4v) is 2.95. The summed E-state index contributed by atoms with van der Waals surface area (Å²) in [6.45, 7) is 9.61. The minimum absolute atomic E-state index is 0.360. The first-order valence-corrected chi connectivity index (χ1v) is 7.82. The molecule has 0 bridgehead atoms. The highest BCUT2D eigenvalue weighted by molar-refractivity contribution is 5.38. The summed E-state index contributed by atoms with van der Waals surface area (Å²) in [7, 11) is 2.22. The van der Waals surface area contributed by atoms with Crippen molar-refractivity contribution in [2.75, 3.05) is 26.7 Å². The largest absolute Gasteiger partial charge is 0.492 e. The van der Waals surface area contributed by atoms with Gasteiger partial charge in [-0.1, -0.05) is 45.4 Å². The molecule has 3 atom stereocenters. The minimum atomic E-state index is 0.360. The van der Waals surface area contributed by atoms with Gasteiger partial charge in [-0.2, -0.15) is 0 Å². The molecule has 1 aliphatic rings. The maximum atomic E-state index is 5.97. The van der Waals surface area contributed by atoms with Gasteiger partial charge in [0.05, 0.1) is 12.1 Å². The number of ether oxygens (including phenoxy) is 1. The first-order chi connectivity index (χ1) is 9.67. The molecule has 0 saturated heterocycles.